The van der Waals surface area contributed by atoms with E-state index in [1.165, 1.54) is 0 Å². The van der Waals surface area contributed by atoms with Crippen LogP contribution >= 0.6 is 0 Å². The number of carbonyl (C=O) groups excluding carboxylic acids is 3. The Kier molecular flexibility index (Phi) is 6.89. The minimum atomic E-state index is -0.208. The zero-order chi connectivity index (χ0) is 25.1. The third kappa shape index (κ3) is 5.20. The maximum absolute atomic E-state index is 12.5. The van der Waals surface area contributed by atoms with Gasteiger partial charge in [0.1, 0.15) is 5.75 Å². The number of rotatable bonds is 9. The Balaban J connectivity index is 1.03. The molecule has 0 aromatic heterocycles. The molecule has 3 aromatic carbocycles. The third-order valence-corrected chi connectivity index (χ3v) is 7.09. The van der Waals surface area contributed by atoms with Crippen molar-refractivity contribution in [2.45, 2.75) is 25.9 Å². The largest absolute Gasteiger partial charge is 0.490 e. The van der Waals surface area contributed by atoms with Gasteiger partial charge in [0.05, 0.1) is 18.6 Å². The summed E-state index contributed by atoms with van der Waals surface area (Å²) in [6.07, 6.45) is 1.82. The minimum absolute atomic E-state index is 0.0493. The van der Waals surface area contributed by atoms with Gasteiger partial charge >= 0.3 is 5.97 Å². The molecule has 0 bridgehead atoms. The van der Waals surface area contributed by atoms with Crippen LogP contribution in [0.25, 0.3) is 10.8 Å². The lowest BCUT2D eigenvalue weighted by Gasteiger charge is -2.17. The molecule has 0 heterocycles. The van der Waals surface area contributed by atoms with Gasteiger partial charge in [0, 0.05) is 24.2 Å². The van der Waals surface area contributed by atoms with Crippen molar-refractivity contribution >= 4 is 28.6 Å². The Morgan fingerprint density at radius 1 is 0.806 bits per heavy atom. The van der Waals surface area contributed by atoms with Crippen molar-refractivity contribution in [2.24, 2.45) is 17.8 Å². The molecule has 0 spiro atoms. The van der Waals surface area contributed by atoms with Gasteiger partial charge in [-0.15, -0.1) is 0 Å². The summed E-state index contributed by atoms with van der Waals surface area (Å²) in [7, 11) is 0. The first-order valence-electron chi connectivity index (χ1n) is 12.5. The molecule has 0 saturated heterocycles. The topological polar surface area (TPSA) is 93.7 Å². The first-order chi connectivity index (χ1) is 17.5. The fraction of sp³-hybridized carbons (Fsp3) is 0.345. The number of hydrogen-bond acceptors (Lipinski definition) is 5. The van der Waals surface area contributed by atoms with Crippen molar-refractivity contribution < 1.29 is 23.9 Å². The number of benzene rings is 3. The molecule has 186 valence electrons. The predicted octanol–water partition coefficient (Wildman–Crippen LogP) is 3.97. The summed E-state index contributed by atoms with van der Waals surface area (Å²) in [5.41, 5.74) is 1.12. The van der Waals surface area contributed by atoms with Crippen LogP contribution in [0.2, 0.25) is 0 Å². The van der Waals surface area contributed by atoms with Crippen LogP contribution in [0.4, 0.5) is 0 Å². The lowest BCUT2D eigenvalue weighted by atomic mass is 10.1. The average molecular weight is 487 g/mol. The number of carbonyl (C=O) groups is 3. The number of ether oxygens (including phenoxy) is 2. The summed E-state index contributed by atoms with van der Waals surface area (Å²) in [5.74, 6) is 1.06. The summed E-state index contributed by atoms with van der Waals surface area (Å²) in [6.45, 7) is 2.91. The first-order valence-corrected chi connectivity index (χ1v) is 12.5. The monoisotopic (exact) mass is 486 g/mol. The number of amides is 2. The average Bonchev–Trinajstić information content (AvgIpc) is 3.41. The van der Waals surface area contributed by atoms with Crippen molar-refractivity contribution in [3.8, 4) is 5.75 Å². The summed E-state index contributed by atoms with van der Waals surface area (Å²) in [5, 5.41) is 7.76. The van der Waals surface area contributed by atoms with E-state index in [2.05, 4.69) is 10.6 Å². The number of nitrogens with one attached hydrogen (secondary N) is 2. The van der Waals surface area contributed by atoms with Crippen molar-refractivity contribution in [3.63, 3.8) is 0 Å². The Morgan fingerprint density at radius 2 is 1.42 bits per heavy atom. The molecule has 2 atom stereocenters. The molecule has 5 rings (SSSR count). The van der Waals surface area contributed by atoms with E-state index in [0.29, 0.717) is 48.4 Å². The highest BCUT2D eigenvalue weighted by Crippen LogP contribution is 2.58. The van der Waals surface area contributed by atoms with Crippen LogP contribution in [0.1, 0.15) is 40.5 Å². The summed E-state index contributed by atoms with van der Waals surface area (Å²) < 4.78 is 11.2. The van der Waals surface area contributed by atoms with E-state index in [-0.39, 0.29) is 29.8 Å². The molecule has 0 aliphatic heterocycles. The maximum atomic E-state index is 12.5. The van der Waals surface area contributed by atoms with Crippen molar-refractivity contribution in [1.29, 1.82) is 0 Å². The molecule has 2 aliphatic carbocycles. The predicted molar refractivity (Wildman–Crippen MR) is 136 cm³/mol. The molecule has 7 heteroatoms. The van der Waals surface area contributed by atoms with E-state index in [0.717, 1.165) is 23.6 Å². The molecular weight excluding hydrogens is 456 g/mol. The van der Waals surface area contributed by atoms with Crippen LogP contribution in [0, 0.1) is 17.8 Å². The maximum Gasteiger partial charge on any atom is 0.309 e. The number of fused-ring (bicyclic) bond motifs is 2. The van der Waals surface area contributed by atoms with Crippen LogP contribution in [0.3, 0.4) is 0 Å². The highest BCUT2D eigenvalue weighted by molar-refractivity contribution is 5.98. The molecule has 2 unspecified atom stereocenters. The molecular formula is C29H30N2O5. The normalized spacial score (nSPS) is 21.9. The summed E-state index contributed by atoms with van der Waals surface area (Å²) in [6, 6.07) is 20.5. The van der Waals surface area contributed by atoms with Crippen LogP contribution < -0.4 is 15.4 Å². The quantitative estimate of drug-likeness (QED) is 0.353. The van der Waals surface area contributed by atoms with Crippen molar-refractivity contribution in [3.05, 3.63) is 77.9 Å². The Hall–Kier alpha value is -3.87. The number of hydrogen-bond donors (Lipinski definition) is 2. The van der Waals surface area contributed by atoms with E-state index in [4.69, 9.17) is 9.47 Å². The summed E-state index contributed by atoms with van der Waals surface area (Å²) in [4.78, 5) is 36.8. The SMILES string of the molecule is CCOC(=O)C1C2CC(Oc3ccc(C(=O)NCCNC(=O)c4ccc5ccccc5c4)cc3)CC21. The highest BCUT2D eigenvalue weighted by atomic mass is 16.5. The highest BCUT2D eigenvalue weighted by Gasteiger charge is 2.61. The fourth-order valence-electron chi connectivity index (χ4n) is 5.24. The van der Waals surface area contributed by atoms with Gasteiger partial charge in [-0.3, -0.25) is 14.4 Å². The second-order valence-electron chi connectivity index (χ2n) is 9.41. The van der Waals surface area contributed by atoms with Gasteiger partial charge in [0.25, 0.3) is 11.8 Å². The van der Waals surface area contributed by atoms with Crippen LogP contribution in [0.15, 0.2) is 66.7 Å². The second kappa shape index (κ2) is 10.4. The minimum Gasteiger partial charge on any atom is -0.490 e. The van der Waals surface area contributed by atoms with E-state index in [9.17, 15) is 14.4 Å². The van der Waals surface area contributed by atoms with Gasteiger partial charge < -0.3 is 20.1 Å². The molecule has 2 saturated carbocycles. The summed E-state index contributed by atoms with van der Waals surface area (Å²) >= 11 is 0. The Morgan fingerprint density at radius 3 is 2.08 bits per heavy atom. The molecule has 36 heavy (non-hydrogen) atoms. The molecule has 3 aromatic rings. The zero-order valence-corrected chi connectivity index (χ0v) is 20.2. The fourth-order valence-corrected chi connectivity index (χ4v) is 5.24. The van der Waals surface area contributed by atoms with Gasteiger partial charge in [-0.05, 0) is 78.8 Å². The van der Waals surface area contributed by atoms with Gasteiger partial charge in [0.2, 0.25) is 0 Å². The molecule has 2 aliphatic rings. The lowest BCUT2D eigenvalue weighted by Crippen LogP contribution is -2.34. The van der Waals surface area contributed by atoms with Crippen LogP contribution in [-0.2, 0) is 9.53 Å². The second-order valence-corrected chi connectivity index (χ2v) is 9.41. The standard InChI is InChI=1S/C29H30N2O5/c1-2-35-29(34)26-24-16-23(17-25(24)26)36-22-11-9-19(10-12-22)27(32)30-13-14-31-28(33)21-8-7-18-5-3-4-6-20(18)15-21/h3-12,15,23-26H,2,13-14,16-17H2,1H3,(H,30,32)(H,31,33). The van der Waals surface area contributed by atoms with Gasteiger partial charge in [-0.2, -0.15) is 0 Å². The van der Waals surface area contributed by atoms with E-state index < -0.39 is 0 Å². The Labute approximate surface area is 210 Å². The molecule has 2 fully saturated rings. The van der Waals surface area contributed by atoms with Gasteiger partial charge in [-0.25, -0.2) is 0 Å². The third-order valence-electron chi connectivity index (χ3n) is 7.09. The van der Waals surface area contributed by atoms with E-state index in [1.54, 1.807) is 30.3 Å². The zero-order valence-electron chi connectivity index (χ0n) is 20.2. The molecule has 2 amide bonds. The molecule has 7 nitrogen and oxygen atoms in total. The lowest BCUT2D eigenvalue weighted by molar-refractivity contribution is -0.145. The van der Waals surface area contributed by atoms with Gasteiger partial charge in [0.15, 0.2) is 0 Å². The van der Waals surface area contributed by atoms with E-state index in [1.807, 2.05) is 43.3 Å². The van der Waals surface area contributed by atoms with Crippen LogP contribution in [-0.4, -0.2) is 43.6 Å². The molecule has 0 radical (unpaired) electrons. The van der Waals surface area contributed by atoms with Crippen molar-refractivity contribution in [1.82, 2.24) is 10.6 Å². The smallest absolute Gasteiger partial charge is 0.309 e. The van der Waals surface area contributed by atoms with E-state index >= 15 is 0 Å². The first kappa shape index (κ1) is 23.9. The Bertz CT molecular complexity index is 1260. The van der Waals surface area contributed by atoms with Gasteiger partial charge in [-0.1, -0.05) is 30.3 Å². The van der Waals surface area contributed by atoms with Crippen molar-refractivity contribution in [2.75, 3.05) is 19.7 Å². The van der Waals surface area contributed by atoms with Crippen LogP contribution in [0.5, 0.6) is 5.75 Å². The number of esters is 1. The molecule has 2 N–H and O–H groups in total.